The number of nitrogens with two attached hydrogens (primary N) is 1. The summed E-state index contributed by atoms with van der Waals surface area (Å²) in [5, 5.41) is 7.59. The van der Waals surface area contributed by atoms with E-state index >= 15 is 0 Å². The van der Waals surface area contributed by atoms with Gasteiger partial charge in [0, 0.05) is 30.1 Å². The van der Waals surface area contributed by atoms with Gasteiger partial charge in [0.05, 0.1) is 6.04 Å². The quantitative estimate of drug-likeness (QED) is 0.624. The lowest BCUT2D eigenvalue weighted by Crippen LogP contribution is -2.42. The summed E-state index contributed by atoms with van der Waals surface area (Å²) in [5.74, 6) is 0.905. The van der Waals surface area contributed by atoms with Gasteiger partial charge in [-0.05, 0) is 25.0 Å². The van der Waals surface area contributed by atoms with E-state index in [1.807, 2.05) is 30.5 Å². The van der Waals surface area contributed by atoms with E-state index in [1.54, 1.807) is 6.92 Å². The number of benzene rings is 1. The van der Waals surface area contributed by atoms with Crippen LogP contribution in [-0.2, 0) is 17.6 Å². The molecule has 0 radical (unpaired) electrons. The van der Waals surface area contributed by atoms with Gasteiger partial charge < -0.3 is 20.6 Å². The maximum Gasteiger partial charge on any atom is 0.237 e. The van der Waals surface area contributed by atoms with E-state index < -0.39 is 6.04 Å². The normalized spacial score (nSPS) is 11.9. The summed E-state index contributed by atoms with van der Waals surface area (Å²) in [4.78, 5) is 19.4. The van der Waals surface area contributed by atoms with Gasteiger partial charge in [0.15, 0.2) is 5.82 Å². The molecule has 0 aliphatic rings. The fourth-order valence-electron chi connectivity index (χ4n) is 2.50. The van der Waals surface area contributed by atoms with Gasteiger partial charge in [-0.2, -0.15) is 4.98 Å². The third-order valence-corrected chi connectivity index (χ3v) is 3.66. The van der Waals surface area contributed by atoms with E-state index in [1.165, 1.54) is 0 Å². The Kier molecular flexibility index (Phi) is 5.94. The van der Waals surface area contributed by atoms with Crippen LogP contribution in [0, 0.1) is 6.92 Å². The maximum absolute atomic E-state index is 12.1. The Morgan fingerprint density at radius 2 is 2.21 bits per heavy atom. The van der Waals surface area contributed by atoms with Crippen molar-refractivity contribution in [2.75, 3.05) is 6.54 Å². The molecule has 2 heterocycles. The number of hydrogen-bond donors (Lipinski definition) is 3. The molecule has 0 saturated heterocycles. The molecule has 0 unspecified atom stereocenters. The second-order valence-corrected chi connectivity index (χ2v) is 5.45. The second-order valence-electron chi connectivity index (χ2n) is 5.45. The van der Waals surface area contributed by atoms with E-state index in [2.05, 4.69) is 20.4 Å². The summed E-state index contributed by atoms with van der Waals surface area (Å²) >= 11 is 0. The largest absolute Gasteiger partial charge is 0.361 e. The highest BCUT2D eigenvalue weighted by atomic mass is 35.5. The van der Waals surface area contributed by atoms with Gasteiger partial charge >= 0.3 is 0 Å². The SMILES string of the molecule is Cc1noc(CCNC(=O)[C@@H](N)Cc2c[nH]c3ccccc23)n1.Cl. The summed E-state index contributed by atoms with van der Waals surface area (Å²) < 4.78 is 4.99. The van der Waals surface area contributed by atoms with Crippen LogP contribution in [0.25, 0.3) is 10.9 Å². The Morgan fingerprint density at radius 1 is 1.42 bits per heavy atom. The van der Waals surface area contributed by atoms with E-state index in [-0.39, 0.29) is 18.3 Å². The molecular weight excluding hydrogens is 330 g/mol. The van der Waals surface area contributed by atoms with Crippen molar-refractivity contribution in [2.24, 2.45) is 5.73 Å². The van der Waals surface area contributed by atoms with Crippen molar-refractivity contribution in [1.29, 1.82) is 0 Å². The minimum absolute atomic E-state index is 0. The molecule has 24 heavy (non-hydrogen) atoms. The highest BCUT2D eigenvalue weighted by molar-refractivity contribution is 5.86. The minimum Gasteiger partial charge on any atom is -0.361 e. The highest BCUT2D eigenvalue weighted by Crippen LogP contribution is 2.18. The molecule has 2 aromatic heterocycles. The zero-order chi connectivity index (χ0) is 16.2. The Bertz CT molecular complexity index is 814. The molecule has 4 N–H and O–H groups in total. The van der Waals surface area contributed by atoms with E-state index in [0.29, 0.717) is 31.1 Å². The molecule has 0 spiro atoms. The smallest absolute Gasteiger partial charge is 0.237 e. The number of nitrogens with zero attached hydrogens (tertiary/aromatic N) is 2. The Morgan fingerprint density at radius 3 is 2.96 bits per heavy atom. The zero-order valence-electron chi connectivity index (χ0n) is 13.3. The van der Waals surface area contributed by atoms with Crippen LogP contribution in [0.4, 0.5) is 0 Å². The molecular formula is C16H20ClN5O2. The molecule has 3 aromatic rings. The van der Waals surface area contributed by atoms with Crippen LogP contribution in [0.15, 0.2) is 35.0 Å². The van der Waals surface area contributed by atoms with E-state index in [0.717, 1.165) is 16.5 Å². The molecule has 0 saturated carbocycles. The van der Waals surface area contributed by atoms with Crippen LogP contribution in [0.5, 0.6) is 0 Å². The lowest BCUT2D eigenvalue weighted by Gasteiger charge is -2.11. The van der Waals surface area contributed by atoms with Gasteiger partial charge in [0.2, 0.25) is 11.8 Å². The third kappa shape index (κ3) is 4.12. The molecule has 8 heteroatoms. The molecule has 0 bridgehead atoms. The third-order valence-electron chi connectivity index (χ3n) is 3.66. The monoisotopic (exact) mass is 349 g/mol. The van der Waals surface area contributed by atoms with Crippen LogP contribution in [-0.4, -0.2) is 33.6 Å². The van der Waals surface area contributed by atoms with E-state index in [9.17, 15) is 4.79 Å². The average Bonchev–Trinajstić information content (AvgIpc) is 3.14. The van der Waals surface area contributed by atoms with Crippen molar-refractivity contribution >= 4 is 29.2 Å². The van der Waals surface area contributed by atoms with Crippen molar-refractivity contribution < 1.29 is 9.32 Å². The number of aryl methyl sites for hydroxylation is 1. The molecule has 128 valence electrons. The van der Waals surface area contributed by atoms with Crippen LogP contribution >= 0.6 is 12.4 Å². The number of H-pyrrole nitrogens is 1. The van der Waals surface area contributed by atoms with Gasteiger partial charge in [-0.3, -0.25) is 4.79 Å². The average molecular weight is 350 g/mol. The van der Waals surface area contributed by atoms with Crippen LogP contribution in [0.1, 0.15) is 17.3 Å². The molecule has 3 rings (SSSR count). The zero-order valence-corrected chi connectivity index (χ0v) is 14.1. The number of fused-ring (bicyclic) bond motifs is 1. The van der Waals surface area contributed by atoms with Crippen LogP contribution < -0.4 is 11.1 Å². The van der Waals surface area contributed by atoms with Crippen molar-refractivity contribution in [2.45, 2.75) is 25.8 Å². The topological polar surface area (TPSA) is 110 Å². The number of rotatable bonds is 6. The molecule has 1 amide bonds. The fourth-order valence-corrected chi connectivity index (χ4v) is 2.50. The number of aromatic nitrogens is 3. The lowest BCUT2D eigenvalue weighted by molar-refractivity contribution is -0.122. The number of hydrogen-bond acceptors (Lipinski definition) is 5. The Labute approximate surface area is 145 Å². The first-order valence-corrected chi connectivity index (χ1v) is 7.51. The summed E-state index contributed by atoms with van der Waals surface area (Å²) in [6.07, 6.45) is 2.88. The lowest BCUT2D eigenvalue weighted by atomic mass is 10.1. The number of nitrogens with one attached hydrogen (secondary N) is 2. The predicted molar refractivity (Wildman–Crippen MR) is 93.0 cm³/mol. The molecule has 0 aliphatic carbocycles. The summed E-state index contributed by atoms with van der Waals surface area (Å²) in [6.45, 7) is 2.17. The molecule has 1 aromatic carbocycles. The van der Waals surface area contributed by atoms with E-state index in [4.69, 9.17) is 10.3 Å². The van der Waals surface area contributed by atoms with Crippen LogP contribution in [0.3, 0.4) is 0 Å². The number of carbonyl (C=O) groups is 1. The van der Waals surface area contributed by atoms with Gasteiger partial charge in [-0.15, -0.1) is 12.4 Å². The molecule has 1 atom stereocenters. The first-order chi connectivity index (χ1) is 11.1. The van der Waals surface area contributed by atoms with Gasteiger partial charge in [0.25, 0.3) is 0 Å². The Balaban J connectivity index is 0.00000208. The van der Waals surface area contributed by atoms with Crippen molar-refractivity contribution in [1.82, 2.24) is 20.4 Å². The second kappa shape index (κ2) is 7.94. The predicted octanol–water partition coefficient (Wildman–Crippen LogP) is 1.51. The minimum atomic E-state index is -0.598. The Hall–Kier alpha value is -2.38. The number of carbonyl (C=O) groups excluding carboxylic acids is 1. The van der Waals surface area contributed by atoms with Crippen molar-refractivity contribution in [3.8, 4) is 0 Å². The number of amides is 1. The molecule has 0 aliphatic heterocycles. The number of halogens is 1. The van der Waals surface area contributed by atoms with Gasteiger partial charge in [-0.25, -0.2) is 0 Å². The van der Waals surface area contributed by atoms with Crippen molar-refractivity contribution in [3.05, 3.63) is 47.7 Å². The van der Waals surface area contributed by atoms with Gasteiger partial charge in [0.1, 0.15) is 0 Å². The molecule has 7 nitrogen and oxygen atoms in total. The summed E-state index contributed by atoms with van der Waals surface area (Å²) in [6, 6.07) is 7.35. The summed E-state index contributed by atoms with van der Waals surface area (Å²) in [5.41, 5.74) is 8.09. The summed E-state index contributed by atoms with van der Waals surface area (Å²) in [7, 11) is 0. The standard InChI is InChI=1S/C16H19N5O2.ClH/c1-10-20-15(23-21-10)6-7-18-16(22)13(17)8-11-9-19-14-5-3-2-4-12(11)14;/h2-5,9,13,19H,6-8,17H2,1H3,(H,18,22);1H/t13-;/m0./s1. The van der Waals surface area contributed by atoms with Crippen LogP contribution in [0.2, 0.25) is 0 Å². The number of aromatic amines is 1. The van der Waals surface area contributed by atoms with Gasteiger partial charge in [-0.1, -0.05) is 23.4 Å². The van der Waals surface area contributed by atoms with Crippen molar-refractivity contribution in [3.63, 3.8) is 0 Å². The first-order valence-electron chi connectivity index (χ1n) is 7.51. The molecule has 0 fully saturated rings. The maximum atomic E-state index is 12.1. The number of para-hydroxylation sites is 1. The highest BCUT2D eigenvalue weighted by Gasteiger charge is 2.16. The first kappa shape index (κ1) is 18.0. The fraction of sp³-hybridized carbons (Fsp3) is 0.312.